The smallest absolute Gasteiger partial charge is 0.142 e. The first-order valence-electron chi connectivity index (χ1n) is 5.36. The van der Waals surface area contributed by atoms with Gasteiger partial charge in [-0.15, -0.1) is 0 Å². The van der Waals surface area contributed by atoms with Crippen molar-refractivity contribution < 1.29 is 13.5 Å². The van der Waals surface area contributed by atoms with E-state index < -0.39 is 11.6 Å². The molecule has 0 fully saturated rings. The lowest BCUT2D eigenvalue weighted by atomic mass is 10.1. The molecule has 2 nitrogen and oxygen atoms in total. The van der Waals surface area contributed by atoms with E-state index in [9.17, 15) is 8.78 Å². The molecule has 96 valence electrons. The molecular weight excluding hydrogens is 272 g/mol. The summed E-state index contributed by atoms with van der Waals surface area (Å²) < 4.78 is 31.8. The minimum atomic E-state index is -0.543. The van der Waals surface area contributed by atoms with Crippen molar-refractivity contribution in [2.75, 3.05) is 0 Å². The molecule has 0 heterocycles. The average Bonchev–Trinajstić information content (AvgIpc) is 2.41. The van der Waals surface area contributed by atoms with Gasteiger partial charge in [-0.1, -0.05) is 17.7 Å². The van der Waals surface area contributed by atoms with Gasteiger partial charge in [-0.05, 0) is 24.3 Å². The summed E-state index contributed by atoms with van der Waals surface area (Å²) in [4.78, 5) is 0. The van der Waals surface area contributed by atoms with E-state index in [-0.39, 0.29) is 17.2 Å². The van der Waals surface area contributed by atoms with E-state index in [0.29, 0.717) is 11.3 Å². The van der Waals surface area contributed by atoms with E-state index in [1.165, 1.54) is 30.3 Å². The first-order valence-corrected chi connectivity index (χ1v) is 5.74. The molecule has 0 amide bonds. The Balaban J connectivity index is 2.10. The highest BCUT2D eigenvalue weighted by molar-refractivity contribution is 6.30. The highest BCUT2D eigenvalue weighted by Crippen LogP contribution is 2.22. The van der Waals surface area contributed by atoms with Crippen LogP contribution in [0.25, 0.3) is 0 Å². The quantitative estimate of drug-likeness (QED) is 0.848. The fourth-order valence-corrected chi connectivity index (χ4v) is 1.63. The van der Waals surface area contributed by atoms with Crippen molar-refractivity contribution in [2.45, 2.75) is 6.61 Å². The number of hydrogen-bond donors (Lipinski definition) is 0. The lowest BCUT2D eigenvalue weighted by Crippen LogP contribution is -1.99. The molecule has 0 bridgehead atoms. The molecule has 0 saturated heterocycles. The van der Waals surface area contributed by atoms with Gasteiger partial charge in [0.05, 0.1) is 16.7 Å². The molecule has 0 aliphatic heterocycles. The van der Waals surface area contributed by atoms with Crippen molar-refractivity contribution >= 4 is 11.6 Å². The van der Waals surface area contributed by atoms with Gasteiger partial charge in [0, 0.05) is 11.6 Å². The molecule has 19 heavy (non-hydrogen) atoms. The van der Waals surface area contributed by atoms with E-state index in [1.807, 2.05) is 6.07 Å². The summed E-state index contributed by atoms with van der Waals surface area (Å²) in [5.74, 6) is -0.721. The monoisotopic (exact) mass is 279 g/mol. The summed E-state index contributed by atoms with van der Waals surface area (Å²) >= 11 is 5.60. The van der Waals surface area contributed by atoms with Crippen LogP contribution in [-0.4, -0.2) is 0 Å². The van der Waals surface area contributed by atoms with E-state index in [2.05, 4.69) is 0 Å². The van der Waals surface area contributed by atoms with Crippen LogP contribution in [0.5, 0.6) is 5.75 Å². The highest BCUT2D eigenvalue weighted by atomic mass is 35.5. The largest absolute Gasteiger partial charge is 0.489 e. The number of ether oxygens (including phenoxy) is 1. The van der Waals surface area contributed by atoms with Crippen LogP contribution >= 0.6 is 11.6 Å². The Bertz CT molecular complexity index is 652. The second-order valence-electron chi connectivity index (χ2n) is 3.78. The van der Waals surface area contributed by atoms with Crippen molar-refractivity contribution in [1.29, 1.82) is 5.26 Å². The fourth-order valence-electron chi connectivity index (χ4n) is 1.46. The summed E-state index contributed by atoms with van der Waals surface area (Å²) in [6.07, 6.45) is 0. The highest BCUT2D eigenvalue weighted by Gasteiger charge is 2.06. The van der Waals surface area contributed by atoms with Crippen molar-refractivity contribution in [3.63, 3.8) is 0 Å². The molecule has 0 N–H and O–H groups in total. The van der Waals surface area contributed by atoms with Crippen LogP contribution in [0, 0.1) is 23.0 Å². The zero-order valence-electron chi connectivity index (χ0n) is 9.66. The molecule has 5 heteroatoms. The van der Waals surface area contributed by atoms with Crippen molar-refractivity contribution in [2.24, 2.45) is 0 Å². The molecule has 2 aromatic carbocycles. The third-order valence-corrected chi connectivity index (χ3v) is 2.76. The molecule has 0 aliphatic carbocycles. The maximum absolute atomic E-state index is 13.6. The third kappa shape index (κ3) is 3.21. The summed E-state index contributed by atoms with van der Waals surface area (Å²) in [7, 11) is 0. The molecule has 0 atom stereocenters. The molecule has 0 saturated carbocycles. The lowest BCUT2D eigenvalue weighted by molar-refractivity contribution is 0.299. The maximum atomic E-state index is 13.6. The minimum absolute atomic E-state index is 0.0283. The molecule has 0 unspecified atom stereocenters. The molecule has 2 rings (SSSR count). The molecule has 2 aromatic rings. The third-order valence-electron chi connectivity index (χ3n) is 2.47. The van der Waals surface area contributed by atoms with E-state index in [1.54, 1.807) is 0 Å². The summed E-state index contributed by atoms with van der Waals surface area (Å²) in [6, 6.07) is 9.85. The lowest BCUT2D eigenvalue weighted by Gasteiger charge is -2.08. The van der Waals surface area contributed by atoms with Crippen LogP contribution < -0.4 is 4.74 Å². The van der Waals surface area contributed by atoms with Crippen LogP contribution in [0.4, 0.5) is 8.78 Å². The zero-order chi connectivity index (χ0) is 13.8. The van der Waals surface area contributed by atoms with E-state index >= 15 is 0 Å². The van der Waals surface area contributed by atoms with Crippen LogP contribution in [0.2, 0.25) is 5.02 Å². The molecule has 0 aliphatic rings. The Hall–Kier alpha value is -2.12. The average molecular weight is 280 g/mol. The summed E-state index contributed by atoms with van der Waals surface area (Å²) in [6.45, 7) is -0.0283. The van der Waals surface area contributed by atoms with Gasteiger partial charge >= 0.3 is 0 Å². The van der Waals surface area contributed by atoms with Crippen LogP contribution in [-0.2, 0) is 6.61 Å². The first-order chi connectivity index (χ1) is 9.10. The SMILES string of the molecule is N#Cc1ccc(COc2ccc(F)c(Cl)c2)c(F)c1. The van der Waals surface area contributed by atoms with Gasteiger partial charge in [-0.3, -0.25) is 0 Å². The molecule has 0 radical (unpaired) electrons. The van der Waals surface area contributed by atoms with Crippen molar-refractivity contribution in [3.8, 4) is 11.8 Å². The van der Waals surface area contributed by atoms with Gasteiger partial charge < -0.3 is 4.74 Å². The maximum Gasteiger partial charge on any atom is 0.142 e. The number of rotatable bonds is 3. The van der Waals surface area contributed by atoms with Crippen molar-refractivity contribution in [3.05, 3.63) is 64.2 Å². The Kier molecular flexibility index (Phi) is 3.98. The standard InChI is InChI=1S/C14H8ClF2NO/c15-12-6-11(3-4-13(12)16)19-8-10-2-1-9(7-18)5-14(10)17/h1-6H,8H2. The van der Waals surface area contributed by atoms with Gasteiger partial charge in [-0.2, -0.15) is 5.26 Å². The Morgan fingerprint density at radius 3 is 2.53 bits per heavy atom. The van der Waals surface area contributed by atoms with Crippen LogP contribution in [0.3, 0.4) is 0 Å². The predicted molar refractivity (Wildman–Crippen MR) is 66.9 cm³/mol. The Morgan fingerprint density at radius 2 is 1.89 bits per heavy atom. The summed E-state index contributed by atoms with van der Waals surface area (Å²) in [5.41, 5.74) is 0.547. The van der Waals surface area contributed by atoms with Gasteiger partial charge in [0.25, 0.3) is 0 Å². The molecular formula is C14H8ClF2NO. The molecule has 0 aromatic heterocycles. The van der Waals surface area contributed by atoms with E-state index in [0.717, 1.165) is 6.07 Å². The summed E-state index contributed by atoms with van der Waals surface area (Å²) in [5, 5.41) is 8.56. The second kappa shape index (κ2) is 5.68. The zero-order valence-corrected chi connectivity index (χ0v) is 10.4. The minimum Gasteiger partial charge on any atom is -0.489 e. The number of nitrogens with zero attached hydrogens (tertiary/aromatic N) is 1. The Morgan fingerprint density at radius 1 is 1.11 bits per heavy atom. The van der Waals surface area contributed by atoms with Gasteiger partial charge in [0.2, 0.25) is 0 Å². The van der Waals surface area contributed by atoms with Gasteiger partial charge in [-0.25, -0.2) is 8.78 Å². The van der Waals surface area contributed by atoms with Crippen LogP contribution in [0.1, 0.15) is 11.1 Å². The topological polar surface area (TPSA) is 33.0 Å². The first kappa shape index (κ1) is 13.3. The van der Waals surface area contributed by atoms with E-state index in [4.69, 9.17) is 21.6 Å². The number of benzene rings is 2. The number of nitriles is 1. The predicted octanol–water partition coefficient (Wildman–Crippen LogP) is 4.07. The number of hydrogen-bond acceptors (Lipinski definition) is 2. The van der Waals surface area contributed by atoms with Crippen molar-refractivity contribution in [1.82, 2.24) is 0 Å². The second-order valence-corrected chi connectivity index (χ2v) is 4.19. The van der Waals surface area contributed by atoms with Crippen LogP contribution in [0.15, 0.2) is 36.4 Å². The van der Waals surface area contributed by atoms with Gasteiger partial charge in [0.15, 0.2) is 0 Å². The number of halogens is 3. The Labute approximate surface area is 113 Å². The normalized spacial score (nSPS) is 10.0. The molecule has 0 spiro atoms. The van der Waals surface area contributed by atoms with Gasteiger partial charge in [0.1, 0.15) is 24.0 Å². The fraction of sp³-hybridized carbons (Fsp3) is 0.0714.